The molecule has 0 amide bonds. The summed E-state index contributed by atoms with van der Waals surface area (Å²) in [6, 6.07) is 18.9. The molecule has 3 heteroatoms. The number of hydrogen-bond donors (Lipinski definition) is 1. The maximum atomic E-state index is 13.3. The predicted molar refractivity (Wildman–Crippen MR) is 82.4 cm³/mol. The van der Waals surface area contributed by atoms with E-state index in [0.717, 1.165) is 26.1 Å². The van der Waals surface area contributed by atoms with Crippen LogP contribution in [0.3, 0.4) is 0 Å². The summed E-state index contributed by atoms with van der Waals surface area (Å²) in [7, 11) is 0. The van der Waals surface area contributed by atoms with Crippen molar-refractivity contribution >= 4 is 22.5 Å². The second kappa shape index (κ2) is 5.65. The normalized spacial score (nSPS) is 10.9. The smallest absolute Gasteiger partial charge is 0.124 e. The van der Waals surface area contributed by atoms with Crippen LogP contribution in [-0.4, -0.2) is 0 Å². The zero-order valence-electron chi connectivity index (χ0n) is 10.8. The second-order valence-electron chi connectivity index (χ2n) is 4.53. The Hall–Kier alpha value is -1.84. The Morgan fingerprint density at radius 2 is 1.70 bits per heavy atom. The Bertz CT molecular complexity index is 755. The summed E-state index contributed by atoms with van der Waals surface area (Å²) in [4.78, 5) is 2.01. The first kappa shape index (κ1) is 13.2. The number of halogens is 1. The highest BCUT2D eigenvalue weighted by Gasteiger charge is 2.06. The van der Waals surface area contributed by atoms with Crippen molar-refractivity contribution in [3.63, 3.8) is 0 Å². The molecule has 20 heavy (non-hydrogen) atoms. The first-order chi connectivity index (χ1) is 9.78. The van der Waals surface area contributed by atoms with E-state index in [4.69, 9.17) is 5.73 Å². The number of rotatable bonds is 3. The lowest BCUT2D eigenvalue weighted by molar-refractivity contribution is 0.624. The summed E-state index contributed by atoms with van der Waals surface area (Å²) >= 11 is 1.57. The zero-order valence-corrected chi connectivity index (χ0v) is 11.7. The van der Waals surface area contributed by atoms with Crippen molar-refractivity contribution < 1.29 is 4.39 Å². The minimum absolute atomic E-state index is 0.210. The van der Waals surface area contributed by atoms with Gasteiger partial charge in [-0.2, -0.15) is 0 Å². The third-order valence-electron chi connectivity index (χ3n) is 3.22. The number of hydrogen-bond acceptors (Lipinski definition) is 2. The first-order valence-electron chi connectivity index (χ1n) is 6.42. The molecule has 0 saturated carbocycles. The van der Waals surface area contributed by atoms with Crippen molar-refractivity contribution in [1.29, 1.82) is 0 Å². The van der Waals surface area contributed by atoms with Gasteiger partial charge in [-0.25, -0.2) is 4.39 Å². The molecule has 0 aliphatic carbocycles. The van der Waals surface area contributed by atoms with Gasteiger partial charge in [-0.15, -0.1) is 0 Å². The number of benzene rings is 3. The van der Waals surface area contributed by atoms with Crippen LogP contribution in [0.15, 0.2) is 70.5 Å². The molecule has 0 aliphatic rings. The average Bonchev–Trinajstić information content (AvgIpc) is 2.48. The van der Waals surface area contributed by atoms with Gasteiger partial charge in [0.05, 0.1) is 0 Å². The molecule has 1 nitrogen and oxygen atoms in total. The van der Waals surface area contributed by atoms with E-state index in [0.29, 0.717) is 6.54 Å². The van der Waals surface area contributed by atoms with Gasteiger partial charge in [-0.05, 0) is 40.6 Å². The lowest BCUT2D eigenvalue weighted by Crippen LogP contribution is -1.97. The molecule has 100 valence electrons. The van der Waals surface area contributed by atoms with Crippen LogP contribution in [0, 0.1) is 5.82 Å². The molecule has 0 fully saturated rings. The van der Waals surface area contributed by atoms with Crippen LogP contribution >= 0.6 is 11.8 Å². The fourth-order valence-electron chi connectivity index (χ4n) is 2.26. The minimum Gasteiger partial charge on any atom is -0.326 e. The molecule has 0 spiro atoms. The van der Waals surface area contributed by atoms with Gasteiger partial charge in [0.25, 0.3) is 0 Å². The van der Waals surface area contributed by atoms with Crippen LogP contribution in [0.4, 0.5) is 4.39 Å². The molecule has 0 unspecified atom stereocenters. The zero-order chi connectivity index (χ0) is 13.9. The molecule has 0 aliphatic heterocycles. The molecule has 3 aromatic carbocycles. The first-order valence-corrected chi connectivity index (χ1v) is 7.23. The topological polar surface area (TPSA) is 26.0 Å². The molecular formula is C17H14FNS. The van der Waals surface area contributed by atoms with Crippen molar-refractivity contribution in [2.45, 2.75) is 16.3 Å². The summed E-state index contributed by atoms with van der Waals surface area (Å²) in [6.07, 6.45) is 0. The molecule has 3 rings (SSSR count). The van der Waals surface area contributed by atoms with Crippen LogP contribution < -0.4 is 5.73 Å². The summed E-state index contributed by atoms with van der Waals surface area (Å²) in [5.74, 6) is -0.210. The van der Waals surface area contributed by atoms with Crippen molar-refractivity contribution in [2.75, 3.05) is 0 Å². The van der Waals surface area contributed by atoms with Gasteiger partial charge in [0.1, 0.15) is 5.82 Å². The Labute approximate surface area is 121 Å². The Morgan fingerprint density at radius 3 is 2.45 bits per heavy atom. The van der Waals surface area contributed by atoms with Crippen LogP contribution in [0.5, 0.6) is 0 Å². The third-order valence-corrected chi connectivity index (χ3v) is 4.28. The second-order valence-corrected chi connectivity index (χ2v) is 5.65. The fraction of sp³-hybridized carbons (Fsp3) is 0.0588. The predicted octanol–water partition coefficient (Wildman–Crippen LogP) is 4.59. The monoisotopic (exact) mass is 283 g/mol. The Balaban J connectivity index is 2.08. The summed E-state index contributed by atoms with van der Waals surface area (Å²) in [6.45, 7) is 0.519. The van der Waals surface area contributed by atoms with E-state index >= 15 is 0 Å². The SMILES string of the molecule is NCc1ccc(Sc2cccc(F)c2)c2ccccc12. The van der Waals surface area contributed by atoms with Crippen molar-refractivity contribution in [2.24, 2.45) is 5.73 Å². The van der Waals surface area contributed by atoms with Gasteiger partial charge in [-0.3, -0.25) is 0 Å². The Morgan fingerprint density at radius 1 is 0.900 bits per heavy atom. The average molecular weight is 283 g/mol. The summed E-state index contributed by atoms with van der Waals surface area (Å²) < 4.78 is 13.3. The third kappa shape index (κ3) is 2.55. The maximum Gasteiger partial charge on any atom is 0.124 e. The van der Waals surface area contributed by atoms with E-state index in [9.17, 15) is 4.39 Å². The summed E-state index contributed by atoms with van der Waals surface area (Å²) in [5.41, 5.74) is 6.91. The molecular weight excluding hydrogens is 269 g/mol. The number of nitrogens with two attached hydrogens (primary N) is 1. The van der Waals surface area contributed by atoms with Crippen molar-refractivity contribution in [1.82, 2.24) is 0 Å². The standard InChI is InChI=1S/C17H14FNS/c18-13-4-3-5-14(10-13)20-17-9-8-12(11-19)15-6-1-2-7-16(15)17/h1-10H,11,19H2. The van der Waals surface area contributed by atoms with Gasteiger partial charge >= 0.3 is 0 Å². The van der Waals surface area contributed by atoms with Gasteiger partial charge in [0.2, 0.25) is 0 Å². The number of fused-ring (bicyclic) bond motifs is 1. The fourth-order valence-corrected chi connectivity index (χ4v) is 3.25. The van der Waals surface area contributed by atoms with Gasteiger partial charge in [-0.1, -0.05) is 48.2 Å². The lowest BCUT2D eigenvalue weighted by Gasteiger charge is -2.10. The van der Waals surface area contributed by atoms with Crippen LogP contribution in [0.1, 0.15) is 5.56 Å². The van der Waals surface area contributed by atoms with Gasteiger partial charge < -0.3 is 5.73 Å². The van der Waals surface area contributed by atoms with E-state index < -0.39 is 0 Å². The van der Waals surface area contributed by atoms with Gasteiger partial charge in [0, 0.05) is 16.3 Å². The molecule has 0 aromatic heterocycles. The molecule has 3 aromatic rings. The van der Waals surface area contributed by atoms with Gasteiger partial charge in [0.15, 0.2) is 0 Å². The molecule has 0 heterocycles. The molecule has 0 radical (unpaired) electrons. The molecule has 0 saturated heterocycles. The lowest BCUT2D eigenvalue weighted by atomic mass is 10.0. The molecule has 0 bridgehead atoms. The van der Waals surface area contributed by atoms with E-state index in [-0.39, 0.29) is 5.82 Å². The van der Waals surface area contributed by atoms with Crippen LogP contribution in [0.2, 0.25) is 0 Å². The largest absolute Gasteiger partial charge is 0.326 e. The van der Waals surface area contributed by atoms with Crippen molar-refractivity contribution in [3.05, 3.63) is 72.0 Å². The van der Waals surface area contributed by atoms with E-state index in [2.05, 4.69) is 18.2 Å². The van der Waals surface area contributed by atoms with Crippen LogP contribution in [0.25, 0.3) is 10.8 Å². The highest BCUT2D eigenvalue weighted by molar-refractivity contribution is 7.99. The summed E-state index contributed by atoms with van der Waals surface area (Å²) in [5, 5.41) is 2.32. The Kier molecular flexibility index (Phi) is 3.72. The molecule has 2 N–H and O–H groups in total. The van der Waals surface area contributed by atoms with Crippen LogP contribution in [-0.2, 0) is 6.54 Å². The van der Waals surface area contributed by atoms with E-state index in [1.165, 1.54) is 6.07 Å². The molecule has 0 atom stereocenters. The minimum atomic E-state index is -0.210. The van der Waals surface area contributed by atoms with E-state index in [1.807, 2.05) is 24.3 Å². The van der Waals surface area contributed by atoms with Crippen molar-refractivity contribution in [3.8, 4) is 0 Å². The maximum absolute atomic E-state index is 13.3. The highest BCUT2D eigenvalue weighted by atomic mass is 32.2. The van der Waals surface area contributed by atoms with E-state index in [1.54, 1.807) is 23.9 Å². The quantitative estimate of drug-likeness (QED) is 0.761. The highest BCUT2D eigenvalue weighted by Crippen LogP contribution is 2.35.